The molecule has 0 aliphatic rings. The molecule has 0 fully saturated rings. The SMILES string of the molecule is Cc1ccccc1CC(Cl)c1ccc(C(C)(C)C)s1. The van der Waals surface area contributed by atoms with Crippen molar-refractivity contribution in [3.63, 3.8) is 0 Å². The molecule has 2 heteroatoms. The number of hydrogen-bond acceptors (Lipinski definition) is 1. The maximum Gasteiger partial charge on any atom is 0.0719 e. The zero-order valence-corrected chi connectivity index (χ0v) is 13.6. The van der Waals surface area contributed by atoms with Crippen molar-refractivity contribution in [1.29, 1.82) is 0 Å². The third-order valence-corrected chi connectivity index (χ3v) is 5.48. The third-order valence-electron chi connectivity index (χ3n) is 3.34. The van der Waals surface area contributed by atoms with Crippen LogP contribution in [-0.4, -0.2) is 0 Å². The lowest BCUT2D eigenvalue weighted by molar-refractivity contribution is 0.604. The Balaban J connectivity index is 2.15. The number of aryl methyl sites for hydroxylation is 1. The van der Waals surface area contributed by atoms with Gasteiger partial charge in [-0.3, -0.25) is 0 Å². The summed E-state index contributed by atoms with van der Waals surface area (Å²) in [6.45, 7) is 8.88. The van der Waals surface area contributed by atoms with Crippen LogP contribution in [0.15, 0.2) is 36.4 Å². The largest absolute Gasteiger partial charge is 0.143 e. The molecule has 1 aromatic heterocycles. The van der Waals surface area contributed by atoms with Gasteiger partial charge in [-0.1, -0.05) is 45.0 Å². The lowest BCUT2D eigenvalue weighted by atomic mass is 9.95. The first-order chi connectivity index (χ1) is 8.88. The number of halogens is 1. The summed E-state index contributed by atoms with van der Waals surface area (Å²) in [7, 11) is 0. The normalized spacial score (nSPS) is 13.5. The fourth-order valence-electron chi connectivity index (χ4n) is 2.06. The van der Waals surface area contributed by atoms with Crippen molar-refractivity contribution in [3.05, 3.63) is 57.3 Å². The summed E-state index contributed by atoms with van der Waals surface area (Å²) in [5.74, 6) is 0. The van der Waals surface area contributed by atoms with E-state index in [0.717, 1.165) is 6.42 Å². The van der Waals surface area contributed by atoms with Gasteiger partial charge in [0.15, 0.2) is 0 Å². The van der Waals surface area contributed by atoms with Gasteiger partial charge in [0.2, 0.25) is 0 Å². The smallest absolute Gasteiger partial charge is 0.0719 e. The number of benzene rings is 1. The highest BCUT2D eigenvalue weighted by Gasteiger charge is 2.19. The topological polar surface area (TPSA) is 0 Å². The predicted molar refractivity (Wildman–Crippen MR) is 86.5 cm³/mol. The summed E-state index contributed by atoms with van der Waals surface area (Å²) in [6.07, 6.45) is 0.901. The van der Waals surface area contributed by atoms with Crippen molar-refractivity contribution in [2.75, 3.05) is 0 Å². The molecule has 102 valence electrons. The van der Waals surface area contributed by atoms with E-state index in [1.54, 1.807) is 0 Å². The van der Waals surface area contributed by atoms with Gasteiger partial charge in [-0.25, -0.2) is 0 Å². The minimum absolute atomic E-state index is 0.0715. The van der Waals surface area contributed by atoms with E-state index in [9.17, 15) is 0 Å². The molecule has 0 saturated carbocycles. The Bertz CT molecular complexity index is 548. The molecule has 2 aromatic rings. The molecule has 0 saturated heterocycles. The summed E-state index contributed by atoms with van der Waals surface area (Å²) in [5.41, 5.74) is 2.87. The van der Waals surface area contributed by atoms with Crippen molar-refractivity contribution >= 4 is 22.9 Å². The number of thiophene rings is 1. The Hall–Kier alpha value is -0.790. The standard InChI is InChI=1S/C17H21ClS/c1-12-7-5-6-8-13(12)11-14(18)15-9-10-16(19-15)17(2,3)4/h5-10,14H,11H2,1-4H3. The maximum atomic E-state index is 6.59. The molecule has 19 heavy (non-hydrogen) atoms. The van der Waals surface area contributed by atoms with E-state index in [2.05, 4.69) is 64.1 Å². The second-order valence-corrected chi connectivity index (χ2v) is 7.69. The van der Waals surface area contributed by atoms with Gasteiger partial charge in [-0.15, -0.1) is 22.9 Å². The molecule has 0 aliphatic carbocycles. The van der Waals surface area contributed by atoms with Crippen molar-refractivity contribution in [3.8, 4) is 0 Å². The summed E-state index contributed by atoms with van der Waals surface area (Å²) in [5, 5.41) is 0.0715. The molecule has 1 unspecified atom stereocenters. The first kappa shape index (κ1) is 14.6. The lowest BCUT2D eigenvalue weighted by Gasteiger charge is -2.15. The van der Waals surface area contributed by atoms with Crippen LogP contribution in [0.2, 0.25) is 0 Å². The molecular weight excluding hydrogens is 272 g/mol. The monoisotopic (exact) mass is 292 g/mol. The van der Waals surface area contributed by atoms with Crippen LogP contribution in [0.5, 0.6) is 0 Å². The van der Waals surface area contributed by atoms with Crippen LogP contribution < -0.4 is 0 Å². The minimum atomic E-state index is 0.0715. The highest BCUT2D eigenvalue weighted by atomic mass is 35.5. The average Bonchev–Trinajstić information content (AvgIpc) is 2.81. The first-order valence-corrected chi connectivity index (χ1v) is 7.92. The Morgan fingerprint density at radius 3 is 2.37 bits per heavy atom. The van der Waals surface area contributed by atoms with Crippen molar-refractivity contribution in [2.24, 2.45) is 0 Å². The molecule has 0 bridgehead atoms. The van der Waals surface area contributed by atoms with E-state index >= 15 is 0 Å². The maximum absolute atomic E-state index is 6.59. The fourth-order valence-corrected chi connectivity index (χ4v) is 3.47. The van der Waals surface area contributed by atoms with Gasteiger partial charge < -0.3 is 0 Å². The van der Waals surface area contributed by atoms with Crippen LogP contribution in [0.1, 0.15) is 47.0 Å². The van der Waals surface area contributed by atoms with Crippen LogP contribution in [0.25, 0.3) is 0 Å². The van der Waals surface area contributed by atoms with Gasteiger partial charge in [-0.05, 0) is 42.0 Å². The summed E-state index contributed by atoms with van der Waals surface area (Å²) in [4.78, 5) is 2.67. The minimum Gasteiger partial charge on any atom is -0.143 e. The highest BCUT2D eigenvalue weighted by molar-refractivity contribution is 7.12. The van der Waals surface area contributed by atoms with Crippen LogP contribution in [-0.2, 0) is 11.8 Å². The van der Waals surface area contributed by atoms with Gasteiger partial charge in [-0.2, -0.15) is 0 Å². The molecule has 0 amide bonds. The molecule has 1 atom stereocenters. The van der Waals surface area contributed by atoms with Gasteiger partial charge in [0.05, 0.1) is 5.38 Å². The fraction of sp³-hybridized carbons (Fsp3) is 0.412. The van der Waals surface area contributed by atoms with Crippen LogP contribution in [0.3, 0.4) is 0 Å². The van der Waals surface area contributed by atoms with Gasteiger partial charge in [0, 0.05) is 9.75 Å². The third kappa shape index (κ3) is 3.61. The molecule has 0 nitrogen and oxygen atoms in total. The Morgan fingerprint density at radius 1 is 1.11 bits per heavy atom. The molecule has 0 aliphatic heterocycles. The molecule has 0 spiro atoms. The van der Waals surface area contributed by atoms with Crippen LogP contribution in [0.4, 0.5) is 0 Å². The number of hydrogen-bond donors (Lipinski definition) is 0. The number of alkyl halides is 1. The first-order valence-electron chi connectivity index (χ1n) is 6.66. The second kappa shape index (κ2) is 5.68. The molecule has 0 radical (unpaired) electrons. The van der Waals surface area contributed by atoms with Crippen molar-refractivity contribution in [2.45, 2.75) is 44.9 Å². The zero-order chi connectivity index (χ0) is 14.0. The highest BCUT2D eigenvalue weighted by Crippen LogP contribution is 2.36. The zero-order valence-electron chi connectivity index (χ0n) is 12.0. The molecule has 2 rings (SSSR count). The van der Waals surface area contributed by atoms with Crippen LogP contribution in [0, 0.1) is 6.92 Å². The van der Waals surface area contributed by atoms with E-state index in [-0.39, 0.29) is 10.8 Å². The molecule has 0 N–H and O–H groups in total. The summed E-state index contributed by atoms with van der Waals surface area (Å²) < 4.78 is 0. The average molecular weight is 293 g/mol. The summed E-state index contributed by atoms with van der Waals surface area (Å²) in [6, 6.07) is 12.9. The second-order valence-electron chi connectivity index (χ2n) is 6.05. The number of rotatable bonds is 3. The van der Waals surface area contributed by atoms with Crippen molar-refractivity contribution in [1.82, 2.24) is 0 Å². The Kier molecular flexibility index (Phi) is 4.37. The lowest BCUT2D eigenvalue weighted by Crippen LogP contribution is -2.07. The van der Waals surface area contributed by atoms with E-state index in [0.29, 0.717) is 0 Å². The summed E-state index contributed by atoms with van der Waals surface area (Å²) >= 11 is 8.43. The van der Waals surface area contributed by atoms with Gasteiger partial charge in [0.1, 0.15) is 0 Å². The van der Waals surface area contributed by atoms with Crippen molar-refractivity contribution < 1.29 is 0 Å². The quantitative estimate of drug-likeness (QED) is 0.620. The van der Waals surface area contributed by atoms with E-state index in [1.165, 1.54) is 20.9 Å². The molecular formula is C17H21ClS. The van der Waals surface area contributed by atoms with E-state index in [4.69, 9.17) is 11.6 Å². The Morgan fingerprint density at radius 2 is 1.79 bits per heavy atom. The Labute approximate surface area is 125 Å². The predicted octanol–water partition coefficient (Wildman–Crippen LogP) is 5.88. The van der Waals surface area contributed by atoms with Crippen LogP contribution >= 0.6 is 22.9 Å². The van der Waals surface area contributed by atoms with Gasteiger partial charge >= 0.3 is 0 Å². The van der Waals surface area contributed by atoms with E-state index < -0.39 is 0 Å². The van der Waals surface area contributed by atoms with Gasteiger partial charge in [0.25, 0.3) is 0 Å². The molecule has 1 heterocycles. The van der Waals surface area contributed by atoms with E-state index in [1.807, 2.05) is 11.3 Å². The molecule has 1 aromatic carbocycles.